The van der Waals surface area contributed by atoms with Crippen molar-refractivity contribution in [1.82, 2.24) is 15.4 Å². The van der Waals surface area contributed by atoms with Crippen molar-refractivity contribution >= 4 is 5.97 Å². The summed E-state index contributed by atoms with van der Waals surface area (Å²) in [6.07, 6.45) is 7.39. The maximum atomic E-state index is 11.3. The third kappa shape index (κ3) is 1.30. The Bertz CT molecular complexity index is 473. The minimum atomic E-state index is -0.950. The van der Waals surface area contributed by atoms with E-state index in [0.717, 1.165) is 42.7 Å². The minimum Gasteiger partial charge on any atom is -0.476 e. The molecule has 1 heterocycles. The first-order valence-corrected chi connectivity index (χ1v) is 6.81. The SMILES string of the molecule is O=C(O)c1n[nH]nc1C12CC3CC(CC(C3)C1)C2. The Hall–Kier alpha value is -1.39. The molecular weight excluding hydrogens is 230 g/mol. The summed E-state index contributed by atoms with van der Waals surface area (Å²) in [7, 11) is 0. The molecular formula is C13H17N3O2. The Morgan fingerprint density at radius 1 is 1.11 bits per heavy atom. The molecule has 0 spiro atoms. The lowest BCUT2D eigenvalue weighted by Crippen LogP contribution is -2.49. The van der Waals surface area contributed by atoms with Crippen LogP contribution in [0.2, 0.25) is 0 Å². The number of nitrogens with one attached hydrogen (secondary N) is 1. The van der Waals surface area contributed by atoms with Gasteiger partial charge < -0.3 is 5.11 Å². The average Bonchev–Trinajstić information content (AvgIpc) is 2.76. The number of rotatable bonds is 2. The van der Waals surface area contributed by atoms with Crippen LogP contribution in [0.15, 0.2) is 0 Å². The molecule has 1 aromatic heterocycles. The van der Waals surface area contributed by atoms with E-state index in [2.05, 4.69) is 15.4 Å². The standard InChI is InChI=1S/C13H17N3O2/c17-12(18)10-11(15-16-14-10)13-4-7-1-8(5-13)3-9(2-7)6-13/h7-9H,1-6H2,(H,17,18)(H,14,15,16). The van der Waals surface area contributed by atoms with E-state index in [1.165, 1.54) is 19.3 Å². The molecule has 0 atom stereocenters. The number of hydrogen-bond acceptors (Lipinski definition) is 3. The Morgan fingerprint density at radius 3 is 2.17 bits per heavy atom. The highest BCUT2D eigenvalue weighted by molar-refractivity contribution is 5.86. The predicted octanol–water partition coefficient (Wildman–Crippen LogP) is 1.97. The van der Waals surface area contributed by atoms with Crippen LogP contribution >= 0.6 is 0 Å². The number of aromatic amines is 1. The van der Waals surface area contributed by atoms with E-state index in [1.54, 1.807) is 0 Å². The first-order chi connectivity index (χ1) is 8.66. The van der Waals surface area contributed by atoms with E-state index in [1.807, 2.05) is 0 Å². The monoisotopic (exact) mass is 247 g/mol. The van der Waals surface area contributed by atoms with Crippen molar-refractivity contribution in [3.05, 3.63) is 11.4 Å². The molecule has 4 aliphatic carbocycles. The van der Waals surface area contributed by atoms with E-state index >= 15 is 0 Å². The molecule has 5 heteroatoms. The predicted molar refractivity (Wildman–Crippen MR) is 63.2 cm³/mol. The van der Waals surface area contributed by atoms with Crippen molar-refractivity contribution in [3.63, 3.8) is 0 Å². The summed E-state index contributed by atoms with van der Waals surface area (Å²) < 4.78 is 0. The second kappa shape index (κ2) is 3.33. The van der Waals surface area contributed by atoms with Gasteiger partial charge in [0.25, 0.3) is 0 Å². The molecule has 5 nitrogen and oxygen atoms in total. The molecule has 0 aromatic carbocycles. The highest BCUT2D eigenvalue weighted by Gasteiger charge is 2.54. The van der Waals surface area contributed by atoms with Gasteiger partial charge in [-0.2, -0.15) is 10.3 Å². The van der Waals surface area contributed by atoms with Crippen LogP contribution in [0.25, 0.3) is 0 Å². The molecule has 96 valence electrons. The molecule has 4 saturated carbocycles. The highest BCUT2D eigenvalue weighted by atomic mass is 16.4. The fraction of sp³-hybridized carbons (Fsp3) is 0.769. The van der Waals surface area contributed by atoms with Crippen LogP contribution in [-0.4, -0.2) is 26.5 Å². The lowest BCUT2D eigenvalue weighted by molar-refractivity contribution is -0.00787. The second-order valence-corrected chi connectivity index (χ2v) is 6.52. The van der Waals surface area contributed by atoms with E-state index in [9.17, 15) is 9.90 Å². The fourth-order valence-electron chi connectivity index (χ4n) is 5.15. The largest absolute Gasteiger partial charge is 0.476 e. The van der Waals surface area contributed by atoms with Gasteiger partial charge in [-0.25, -0.2) is 4.79 Å². The van der Waals surface area contributed by atoms with Crippen molar-refractivity contribution in [2.24, 2.45) is 17.8 Å². The van der Waals surface area contributed by atoms with E-state index in [4.69, 9.17) is 0 Å². The molecule has 0 aliphatic heterocycles. The number of hydrogen-bond donors (Lipinski definition) is 2. The number of aromatic carboxylic acids is 1. The number of carbonyl (C=O) groups is 1. The fourth-order valence-corrected chi connectivity index (χ4v) is 5.15. The van der Waals surface area contributed by atoms with Crippen molar-refractivity contribution in [3.8, 4) is 0 Å². The number of aromatic nitrogens is 3. The number of carboxylic acids is 1. The van der Waals surface area contributed by atoms with Crippen molar-refractivity contribution < 1.29 is 9.90 Å². The molecule has 4 fully saturated rings. The first-order valence-electron chi connectivity index (χ1n) is 6.81. The molecule has 18 heavy (non-hydrogen) atoms. The molecule has 4 bridgehead atoms. The van der Waals surface area contributed by atoms with Gasteiger partial charge in [-0.15, -0.1) is 5.10 Å². The van der Waals surface area contributed by atoms with Gasteiger partial charge in [0.05, 0.1) is 0 Å². The quantitative estimate of drug-likeness (QED) is 0.837. The van der Waals surface area contributed by atoms with Gasteiger partial charge in [0.1, 0.15) is 5.69 Å². The van der Waals surface area contributed by atoms with Gasteiger partial charge >= 0.3 is 5.97 Å². The first kappa shape index (κ1) is 10.5. The molecule has 2 N–H and O–H groups in total. The van der Waals surface area contributed by atoms with Gasteiger partial charge in [-0.3, -0.25) is 0 Å². The van der Waals surface area contributed by atoms with Crippen molar-refractivity contribution in [2.45, 2.75) is 43.9 Å². The average molecular weight is 247 g/mol. The molecule has 4 aliphatic rings. The van der Waals surface area contributed by atoms with Crippen molar-refractivity contribution in [1.29, 1.82) is 0 Å². The summed E-state index contributed by atoms with van der Waals surface area (Å²) >= 11 is 0. The van der Waals surface area contributed by atoms with Crippen LogP contribution in [0.3, 0.4) is 0 Å². The van der Waals surface area contributed by atoms with Gasteiger partial charge in [0, 0.05) is 5.41 Å². The minimum absolute atomic E-state index is 0.00940. The Balaban J connectivity index is 1.79. The Morgan fingerprint density at radius 2 is 1.67 bits per heavy atom. The molecule has 0 saturated heterocycles. The third-order valence-electron chi connectivity index (χ3n) is 5.29. The number of H-pyrrole nitrogens is 1. The van der Waals surface area contributed by atoms with Gasteiger partial charge in [-0.1, -0.05) is 0 Å². The lowest BCUT2D eigenvalue weighted by atomic mass is 9.48. The highest BCUT2D eigenvalue weighted by Crippen LogP contribution is 2.60. The van der Waals surface area contributed by atoms with E-state index < -0.39 is 5.97 Å². The summed E-state index contributed by atoms with van der Waals surface area (Å²) in [6.45, 7) is 0. The molecule has 0 radical (unpaired) electrons. The van der Waals surface area contributed by atoms with E-state index in [0.29, 0.717) is 0 Å². The smallest absolute Gasteiger partial charge is 0.358 e. The van der Waals surface area contributed by atoms with Crippen molar-refractivity contribution in [2.75, 3.05) is 0 Å². The summed E-state index contributed by atoms with van der Waals surface area (Å²) in [6, 6.07) is 0. The summed E-state index contributed by atoms with van der Waals surface area (Å²) in [4.78, 5) is 11.3. The van der Waals surface area contributed by atoms with Crippen LogP contribution in [0.5, 0.6) is 0 Å². The third-order valence-corrected chi connectivity index (χ3v) is 5.29. The Labute approximate surface area is 105 Å². The molecule has 0 unspecified atom stereocenters. The van der Waals surface area contributed by atoms with Gasteiger partial charge in [0.2, 0.25) is 0 Å². The summed E-state index contributed by atoms with van der Waals surface area (Å²) in [5.74, 6) is 1.41. The maximum Gasteiger partial charge on any atom is 0.358 e. The number of carboxylic acid groups (broad SMARTS) is 1. The lowest BCUT2D eigenvalue weighted by Gasteiger charge is -2.56. The summed E-state index contributed by atoms with van der Waals surface area (Å²) in [5, 5.41) is 19.8. The Kier molecular flexibility index (Phi) is 1.95. The van der Waals surface area contributed by atoms with E-state index in [-0.39, 0.29) is 11.1 Å². The normalized spacial score (nSPS) is 41.2. The zero-order valence-electron chi connectivity index (χ0n) is 10.2. The van der Waals surface area contributed by atoms with Crippen LogP contribution in [0.1, 0.15) is 54.7 Å². The van der Waals surface area contributed by atoms with Crippen LogP contribution < -0.4 is 0 Å². The topological polar surface area (TPSA) is 78.9 Å². The molecule has 0 amide bonds. The van der Waals surface area contributed by atoms with Crippen LogP contribution in [0, 0.1) is 17.8 Å². The van der Waals surface area contributed by atoms with Crippen LogP contribution in [0.4, 0.5) is 0 Å². The van der Waals surface area contributed by atoms with Gasteiger partial charge in [-0.05, 0) is 56.3 Å². The van der Waals surface area contributed by atoms with Crippen LogP contribution in [-0.2, 0) is 5.41 Å². The second-order valence-electron chi connectivity index (χ2n) is 6.52. The molecule has 5 rings (SSSR count). The summed E-state index contributed by atoms with van der Waals surface area (Å²) in [5.41, 5.74) is 0.890. The zero-order chi connectivity index (χ0) is 12.3. The van der Waals surface area contributed by atoms with Gasteiger partial charge in [0.15, 0.2) is 5.69 Å². The number of nitrogens with zero attached hydrogens (tertiary/aromatic N) is 2. The zero-order valence-corrected chi connectivity index (χ0v) is 10.2. The maximum absolute atomic E-state index is 11.3. The molecule has 1 aromatic rings.